The van der Waals surface area contributed by atoms with Gasteiger partial charge in [0.05, 0.1) is 0 Å². The summed E-state index contributed by atoms with van der Waals surface area (Å²) in [5.74, 6) is -0.904. The molecular weight excluding hydrogens is 234 g/mol. The molecule has 0 radical (unpaired) electrons. The van der Waals surface area contributed by atoms with Gasteiger partial charge in [0, 0.05) is 30.7 Å². The Morgan fingerprint density at radius 2 is 1.94 bits per heavy atom. The molecule has 4 heteroatoms. The molecule has 0 aromatic heterocycles. The molecule has 1 fully saturated rings. The van der Waals surface area contributed by atoms with Gasteiger partial charge in [0.2, 0.25) is 0 Å². The van der Waals surface area contributed by atoms with Crippen molar-refractivity contribution in [1.82, 2.24) is 10.2 Å². The summed E-state index contributed by atoms with van der Waals surface area (Å²) in [6, 6.07) is 4.74. The third-order valence-corrected chi connectivity index (χ3v) is 3.61. The second kappa shape index (κ2) is 5.76. The van der Waals surface area contributed by atoms with Crippen LogP contribution in [0.25, 0.3) is 0 Å². The van der Waals surface area contributed by atoms with Crippen LogP contribution in [0.3, 0.4) is 0 Å². The predicted octanol–water partition coefficient (Wildman–Crippen LogP) is 2.54. The van der Waals surface area contributed by atoms with Gasteiger partial charge in [-0.25, -0.2) is 8.78 Å². The van der Waals surface area contributed by atoms with Gasteiger partial charge in [-0.3, -0.25) is 4.90 Å². The van der Waals surface area contributed by atoms with Crippen molar-refractivity contribution in [2.45, 2.75) is 38.9 Å². The highest BCUT2D eigenvalue weighted by atomic mass is 19.1. The summed E-state index contributed by atoms with van der Waals surface area (Å²) in [5, 5.41) is 3.39. The smallest absolute Gasteiger partial charge is 0.130 e. The highest BCUT2D eigenvalue weighted by molar-refractivity contribution is 5.19. The van der Waals surface area contributed by atoms with Crippen LogP contribution in [-0.2, 0) is 6.54 Å². The number of rotatable bonds is 2. The van der Waals surface area contributed by atoms with E-state index >= 15 is 0 Å². The molecule has 1 saturated heterocycles. The summed E-state index contributed by atoms with van der Waals surface area (Å²) in [6.07, 6.45) is 1.00. The summed E-state index contributed by atoms with van der Waals surface area (Å²) >= 11 is 0. The highest BCUT2D eigenvalue weighted by Crippen LogP contribution is 2.18. The summed E-state index contributed by atoms with van der Waals surface area (Å²) in [7, 11) is 0. The molecule has 0 spiro atoms. The molecule has 1 aliphatic heterocycles. The first kappa shape index (κ1) is 13.4. The number of hydrogen-bond acceptors (Lipinski definition) is 2. The number of nitrogens with one attached hydrogen (secondary N) is 1. The third-order valence-electron chi connectivity index (χ3n) is 3.61. The molecule has 0 aliphatic carbocycles. The first-order chi connectivity index (χ1) is 8.58. The normalized spacial score (nSPS) is 26.0. The second-order valence-corrected chi connectivity index (χ2v) is 5.12. The van der Waals surface area contributed by atoms with Gasteiger partial charge in [0.1, 0.15) is 11.6 Å². The van der Waals surface area contributed by atoms with E-state index in [9.17, 15) is 8.78 Å². The van der Waals surface area contributed by atoms with Gasteiger partial charge in [0.15, 0.2) is 0 Å². The molecule has 18 heavy (non-hydrogen) atoms. The maximum absolute atomic E-state index is 13.6. The number of nitrogens with zero attached hydrogens (tertiary/aromatic N) is 1. The van der Waals surface area contributed by atoms with E-state index in [0.717, 1.165) is 19.5 Å². The molecule has 2 rings (SSSR count). The van der Waals surface area contributed by atoms with E-state index in [1.807, 2.05) is 0 Å². The minimum absolute atomic E-state index is 0.179. The van der Waals surface area contributed by atoms with E-state index < -0.39 is 11.6 Å². The molecule has 0 bridgehead atoms. The van der Waals surface area contributed by atoms with Gasteiger partial charge in [-0.1, -0.05) is 6.07 Å². The van der Waals surface area contributed by atoms with Gasteiger partial charge in [0.25, 0.3) is 0 Å². The highest BCUT2D eigenvalue weighted by Gasteiger charge is 2.22. The zero-order valence-electron chi connectivity index (χ0n) is 10.9. The molecule has 2 nitrogen and oxygen atoms in total. The molecule has 2 unspecified atom stereocenters. The van der Waals surface area contributed by atoms with Gasteiger partial charge >= 0.3 is 0 Å². The fraction of sp³-hybridized carbons (Fsp3) is 0.571. The Bertz CT molecular complexity index is 389. The van der Waals surface area contributed by atoms with Crippen LogP contribution in [0.5, 0.6) is 0 Å². The lowest BCUT2D eigenvalue weighted by Crippen LogP contribution is -2.38. The van der Waals surface area contributed by atoms with Gasteiger partial charge in [-0.05, 0) is 38.9 Å². The van der Waals surface area contributed by atoms with Crippen molar-refractivity contribution in [1.29, 1.82) is 0 Å². The maximum Gasteiger partial charge on any atom is 0.130 e. The number of halogens is 2. The molecule has 1 N–H and O–H groups in total. The monoisotopic (exact) mass is 254 g/mol. The summed E-state index contributed by atoms with van der Waals surface area (Å²) in [4.78, 5) is 2.14. The van der Waals surface area contributed by atoms with Crippen LogP contribution in [0.15, 0.2) is 18.2 Å². The van der Waals surface area contributed by atoms with Crippen molar-refractivity contribution in [3.05, 3.63) is 35.4 Å². The van der Waals surface area contributed by atoms with Crippen LogP contribution in [0.4, 0.5) is 8.78 Å². The lowest BCUT2D eigenvalue weighted by Gasteiger charge is -2.28. The molecule has 1 aromatic carbocycles. The van der Waals surface area contributed by atoms with Crippen molar-refractivity contribution in [3.8, 4) is 0 Å². The Labute approximate surface area is 107 Å². The molecule has 100 valence electrons. The SMILES string of the molecule is CC1CN(Cc2c(F)cccc2F)C(C)CCN1. The van der Waals surface area contributed by atoms with Crippen LogP contribution in [0.2, 0.25) is 0 Å². The van der Waals surface area contributed by atoms with E-state index in [1.54, 1.807) is 0 Å². The fourth-order valence-corrected chi connectivity index (χ4v) is 2.42. The van der Waals surface area contributed by atoms with E-state index in [2.05, 4.69) is 24.1 Å². The quantitative estimate of drug-likeness (QED) is 0.872. The van der Waals surface area contributed by atoms with Crippen molar-refractivity contribution in [3.63, 3.8) is 0 Å². The average molecular weight is 254 g/mol. The summed E-state index contributed by atoms with van der Waals surface area (Å²) in [6.45, 7) is 6.32. The maximum atomic E-state index is 13.6. The molecule has 0 saturated carbocycles. The molecule has 2 atom stereocenters. The molecule has 1 aromatic rings. The zero-order valence-corrected chi connectivity index (χ0v) is 10.9. The predicted molar refractivity (Wildman–Crippen MR) is 68.3 cm³/mol. The van der Waals surface area contributed by atoms with Crippen LogP contribution in [0.1, 0.15) is 25.8 Å². The number of benzene rings is 1. The molecular formula is C14H20F2N2. The lowest BCUT2D eigenvalue weighted by molar-refractivity contribution is 0.193. The fourth-order valence-electron chi connectivity index (χ4n) is 2.42. The Morgan fingerprint density at radius 3 is 2.61 bits per heavy atom. The summed E-state index contributed by atoms with van der Waals surface area (Å²) in [5.41, 5.74) is 0.179. The Hall–Kier alpha value is -1.00. The summed E-state index contributed by atoms with van der Waals surface area (Å²) < 4.78 is 27.3. The van der Waals surface area contributed by atoms with Crippen LogP contribution < -0.4 is 5.32 Å². The van der Waals surface area contributed by atoms with E-state index in [0.29, 0.717) is 18.6 Å². The largest absolute Gasteiger partial charge is 0.313 e. The van der Waals surface area contributed by atoms with E-state index in [-0.39, 0.29) is 5.56 Å². The second-order valence-electron chi connectivity index (χ2n) is 5.12. The van der Waals surface area contributed by atoms with Crippen LogP contribution in [-0.4, -0.2) is 30.1 Å². The van der Waals surface area contributed by atoms with Crippen molar-refractivity contribution < 1.29 is 8.78 Å². The Balaban J connectivity index is 2.16. The van der Waals surface area contributed by atoms with Crippen LogP contribution in [0, 0.1) is 11.6 Å². The standard InChI is InChI=1S/C14H20F2N2/c1-10-8-18(11(2)6-7-17-10)9-12-13(15)4-3-5-14(12)16/h3-5,10-11,17H,6-9H2,1-2H3. The van der Waals surface area contributed by atoms with Crippen molar-refractivity contribution in [2.24, 2.45) is 0 Å². The number of hydrogen-bond donors (Lipinski definition) is 1. The first-order valence-electron chi connectivity index (χ1n) is 6.48. The average Bonchev–Trinajstić information content (AvgIpc) is 2.46. The minimum atomic E-state index is -0.452. The first-order valence-corrected chi connectivity index (χ1v) is 6.48. The Morgan fingerprint density at radius 1 is 1.28 bits per heavy atom. The van der Waals surface area contributed by atoms with E-state index in [4.69, 9.17) is 0 Å². The van der Waals surface area contributed by atoms with Gasteiger partial charge in [-0.2, -0.15) is 0 Å². The molecule has 0 amide bonds. The van der Waals surface area contributed by atoms with Gasteiger partial charge < -0.3 is 5.32 Å². The lowest BCUT2D eigenvalue weighted by atomic mass is 10.1. The third kappa shape index (κ3) is 3.06. The van der Waals surface area contributed by atoms with Crippen LogP contribution >= 0.6 is 0 Å². The zero-order chi connectivity index (χ0) is 13.1. The van der Waals surface area contributed by atoms with Crippen molar-refractivity contribution >= 4 is 0 Å². The molecule has 1 heterocycles. The minimum Gasteiger partial charge on any atom is -0.313 e. The molecule has 1 aliphatic rings. The van der Waals surface area contributed by atoms with Crippen molar-refractivity contribution in [2.75, 3.05) is 13.1 Å². The van der Waals surface area contributed by atoms with Gasteiger partial charge in [-0.15, -0.1) is 0 Å². The van der Waals surface area contributed by atoms with E-state index in [1.165, 1.54) is 18.2 Å². The Kier molecular flexibility index (Phi) is 4.30. The topological polar surface area (TPSA) is 15.3 Å².